The Labute approximate surface area is 165 Å². The van der Waals surface area contributed by atoms with Crippen molar-refractivity contribution in [2.75, 3.05) is 5.32 Å². The number of amides is 1. The number of aromatic nitrogens is 1. The van der Waals surface area contributed by atoms with E-state index in [1.54, 1.807) is 0 Å². The Morgan fingerprint density at radius 3 is 2.68 bits per heavy atom. The van der Waals surface area contributed by atoms with Gasteiger partial charge in [-0.3, -0.25) is 15.5 Å². The highest BCUT2D eigenvalue weighted by Gasteiger charge is 2.11. The van der Waals surface area contributed by atoms with E-state index in [2.05, 4.69) is 35.8 Å². The predicted molar refractivity (Wildman–Crippen MR) is 116 cm³/mol. The molecular formula is C23H26N4O. The fourth-order valence-electron chi connectivity index (χ4n) is 3.38. The Kier molecular flexibility index (Phi) is 6.73. The van der Waals surface area contributed by atoms with Gasteiger partial charge in [0.2, 0.25) is 6.41 Å². The number of carbonyl (C=O) groups excluding carboxylic acids is 1. The third kappa shape index (κ3) is 4.74. The molecule has 3 aromatic rings. The maximum absolute atomic E-state index is 10.6. The smallest absolute Gasteiger partial charge is 0.213 e. The number of unbranched alkanes of at least 4 members (excludes halogenated alkanes) is 3. The lowest BCUT2D eigenvalue weighted by Crippen LogP contribution is -2.28. The second-order valence-electron chi connectivity index (χ2n) is 6.80. The van der Waals surface area contributed by atoms with Crippen LogP contribution in [0.15, 0.2) is 54.6 Å². The number of rotatable bonds is 8. The second-order valence-corrected chi connectivity index (χ2v) is 6.80. The van der Waals surface area contributed by atoms with Gasteiger partial charge in [0.05, 0.1) is 16.9 Å². The maximum Gasteiger partial charge on any atom is 0.213 e. The number of carbonyl (C=O) groups is 1. The lowest BCUT2D eigenvalue weighted by molar-refractivity contribution is -0.108. The highest BCUT2D eigenvalue weighted by molar-refractivity contribution is 6.04. The van der Waals surface area contributed by atoms with Crippen LogP contribution in [0.2, 0.25) is 0 Å². The van der Waals surface area contributed by atoms with Crippen LogP contribution in [0.5, 0.6) is 0 Å². The van der Waals surface area contributed by atoms with Gasteiger partial charge in [0.15, 0.2) is 5.96 Å². The summed E-state index contributed by atoms with van der Waals surface area (Å²) < 4.78 is 0. The first-order valence-corrected chi connectivity index (χ1v) is 9.76. The molecule has 0 aliphatic carbocycles. The van der Waals surface area contributed by atoms with Crippen LogP contribution >= 0.6 is 0 Å². The van der Waals surface area contributed by atoms with Gasteiger partial charge in [0, 0.05) is 10.9 Å². The van der Waals surface area contributed by atoms with Crippen LogP contribution in [0.4, 0.5) is 5.69 Å². The number of pyridine rings is 1. The summed E-state index contributed by atoms with van der Waals surface area (Å²) in [6.45, 7) is 2.22. The highest BCUT2D eigenvalue weighted by atomic mass is 16.1. The minimum atomic E-state index is -0.0647. The van der Waals surface area contributed by atoms with E-state index in [0.717, 1.165) is 40.7 Å². The third-order valence-corrected chi connectivity index (χ3v) is 4.77. The molecule has 0 aliphatic rings. The topological polar surface area (TPSA) is 77.9 Å². The number of nitrogens with zero attached hydrogens (tertiary/aromatic N) is 1. The van der Waals surface area contributed by atoms with Gasteiger partial charge in [-0.2, -0.15) is 0 Å². The second kappa shape index (κ2) is 9.65. The molecule has 0 unspecified atom stereocenters. The van der Waals surface area contributed by atoms with Crippen LogP contribution in [0.3, 0.4) is 0 Å². The zero-order valence-electron chi connectivity index (χ0n) is 16.2. The van der Waals surface area contributed by atoms with Crippen molar-refractivity contribution in [2.24, 2.45) is 0 Å². The van der Waals surface area contributed by atoms with E-state index in [4.69, 9.17) is 10.4 Å². The normalized spacial score (nSPS) is 10.6. The summed E-state index contributed by atoms with van der Waals surface area (Å²) in [7, 11) is 0. The molecule has 0 bridgehead atoms. The molecule has 3 rings (SSSR count). The summed E-state index contributed by atoms with van der Waals surface area (Å²) in [5, 5.41) is 14.1. The standard InChI is InChI=1S/C23H26N4O/c1-2-3-4-5-10-17-11-6-7-12-18(17)21-15-22(27-23(24)25-16-28)19-13-8-9-14-20(19)26-21/h6-9,11-16H,2-5,10H2,1H3,(H3,24,25,26,27,28). The molecule has 1 amide bonds. The number of guanidine groups is 1. The fourth-order valence-corrected chi connectivity index (χ4v) is 3.38. The van der Waals surface area contributed by atoms with Crippen LogP contribution in [0.1, 0.15) is 38.2 Å². The molecule has 0 spiro atoms. The molecular weight excluding hydrogens is 348 g/mol. The van der Waals surface area contributed by atoms with Crippen LogP contribution in [-0.2, 0) is 11.2 Å². The average Bonchev–Trinajstić information content (AvgIpc) is 2.71. The molecule has 0 aliphatic heterocycles. The number of anilines is 1. The quantitative estimate of drug-likeness (QED) is 0.222. The van der Waals surface area contributed by atoms with Crippen molar-refractivity contribution in [3.05, 3.63) is 60.2 Å². The molecule has 28 heavy (non-hydrogen) atoms. The predicted octanol–water partition coefficient (Wildman–Crippen LogP) is 5.12. The molecule has 5 nitrogen and oxygen atoms in total. The molecule has 1 heterocycles. The molecule has 1 aromatic heterocycles. The lowest BCUT2D eigenvalue weighted by Gasteiger charge is -2.14. The number of para-hydroxylation sites is 1. The summed E-state index contributed by atoms with van der Waals surface area (Å²) >= 11 is 0. The monoisotopic (exact) mass is 374 g/mol. The summed E-state index contributed by atoms with van der Waals surface area (Å²) in [6.07, 6.45) is 6.40. The summed E-state index contributed by atoms with van der Waals surface area (Å²) in [5.41, 5.74) is 4.87. The molecule has 2 aromatic carbocycles. The van der Waals surface area contributed by atoms with E-state index in [1.165, 1.54) is 24.8 Å². The Hall–Kier alpha value is -3.21. The van der Waals surface area contributed by atoms with Crippen LogP contribution in [-0.4, -0.2) is 17.4 Å². The van der Waals surface area contributed by atoms with E-state index in [9.17, 15) is 4.79 Å². The van der Waals surface area contributed by atoms with Gasteiger partial charge in [0.25, 0.3) is 0 Å². The van der Waals surface area contributed by atoms with Gasteiger partial charge < -0.3 is 5.32 Å². The van der Waals surface area contributed by atoms with E-state index >= 15 is 0 Å². The van der Waals surface area contributed by atoms with Crippen molar-refractivity contribution in [2.45, 2.75) is 39.0 Å². The highest BCUT2D eigenvalue weighted by Crippen LogP contribution is 2.30. The van der Waals surface area contributed by atoms with Gasteiger partial charge in [-0.15, -0.1) is 0 Å². The number of hydrogen-bond donors (Lipinski definition) is 3. The molecule has 0 fully saturated rings. The van der Waals surface area contributed by atoms with E-state index < -0.39 is 0 Å². The van der Waals surface area contributed by atoms with Gasteiger partial charge >= 0.3 is 0 Å². The largest absolute Gasteiger partial charge is 0.325 e. The van der Waals surface area contributed by atoms with E-state index in [0.29, 0.717) is 6.41 Å². The molecule has 5 heteroatoms. The number of nitrogens with one attached hydrogen (secondary N) is 3. The molecule has 0 saturated heterocycles. The van der Waals surface area contributed by atoms with Gasteiger partial charge in [-0.05, 0) is 30.5 Å². The van der Waals surface area contributed by atoms with E-state index in [-0.39, 0.29) is 5.96 Å². The molecule has 144 valence electrons. The first kappa shape index (κ1) is 19.5. The Balaban J connectivity index is 1.99. The average molecular weight is 374 g/mol. The van der Waals surface area contributed by atoms with Gasteiger partial charge in [-0.1, -0.05) is 68.7 Å². The number of hydrogen-bond acceptors (Lipinski definition) is 3. The van der Waals surface area contributed by atoms with Crippen molar-refractivity contribution in [1.29, 1.82) is 5.41 Å². The minimum Gasteiger partial charge on any atom is -0.325 e. The number of aryl methyl sites for hydroxylation is 1. The summed E-state index contributed by atoms with van der Waals surface area (Å²) in [5.74, 6) is -0.0647. The van der Waals surface area contributed by atoms with Crippen molar-refractivity contribution in [3.63, 3.8) is 0 Å². The Morgan fingerprint density at radius 2 is 1.86 bits per heavy atom. The Morgan fingerprint density at radius 1 is 1.07 bits per heavy atom. The number of fused-ring (bicyclic) bond motifs is 1. The molecule has 0 saturated carbocycles. The van der Waals surface area contributed by atoms with Crippen LogP contribution in [0.25, 0.3) is 22.2 Å². The summed E-state index contributed by atoms with van der Waals surface area (Å²) in [4.78, 5) is 15.5. The zero-order valence-corrected chi connectivity index (χ0v) is 16.2. The maximum atomic E-state index is 10.6. The van der Waals surface area contributed by atoms with Crippen molar-refractivity contribution in [3.8, 4) is 11.3 Å². The van der Waals surface area contributed by atoms with E-state index in [1.807, 2.05) is 36.4 Å². The SMILES string of the molecule is CCCCCCc1ccccc1-c1cc(NC(=N)NC=O)c2ccccc2n1. The first-order valence-electron chi connectivity index (χ1n) is 9.76. The van der Waals surface area contributed by atoms with Gasteiger partial charge in [-0.25, -0.2) is 4.98 Å². The molecule has 0 atom stereocenters. The zero-order chi connectivity index (χ0) is 19.8. The molecule has 3 N–H and O–H groups in total. The van der Waals surface area contributed by atoms with Crippen molar-refractivity contribution < 1.29 is 4.79 Å². The lowest BCUT2D eigenvalue weighted by atomic mass is 9.97. The van der Waals surface area contributed by atoms with Crippen molar-refractivity contribution >= 4 is 29.0 Å². The van der Waals surface area contributed by atoms with Crippen molar-refractivity contribution in [1.82, 2.24) is 10.3 Å². The molecule has 0 radical (unpaired) electrons. The Bertz CT molecular complexity index is 968. The first-order chi connectivity index (χ1) is 13.7. The van der Waals surface area contributed by atoms with Crippen LogP contribution in [0, 0.1) is 5.41 Å². The third-order valence-electron chi connectivity index (χ3n) is 4.77. The van der Waals surface area contributed by atoms with Crippen LogP contribution < -0.4 is 10.6 Å². The summed E-state index contributed by atoms with van der Waals surface area (Å²) in [6, 6.07) is 18.1. The van der Waals surface area contributed by atoms with Gasteiger partial charge in [0.1, 0.15) is 0 Å². The number of benzene rings is 2. The fraction of sp³-hybridized carbons (Fsp3) is 0.261. The minimum absolute atomic E-state index is 0.0647.